The van der Waals surface area contributed by atoms with E-state index in [0.29, 0.717) is 5.56 Å². The standard InChI is InChI=1S/C20H23N3O3S/c1-4-17(15-11-9-13(2)10-12-15)22-20(24)14(3)21-19-16-7-5-6-8-18(16)27(25,26)23-19/h5-12,14,17H,4H2,1-3H3,(H,21,23)(H,22,24). The fraction of sp³-hybridized carbons (Fsp3) is 0.300. The van der Waals surface area contributed by atoms with Crippen LogP contribution in [0.4, 0.5) is 0 Å². The lowest BCUT2D eigenvalue weighted by atomic mass is 10.0. The van der Waals surface area contributed by atoms with Gasteiger partial charge < -0.3 is 5.32 Å². The fourth-order valence-corrected chi connectivity index (χ4v) is 4.23. The lowest BCUT2D eigenvalue weighted by Gasteiger charge is -2.19. The zero-order valence-corrected chi connectivity index (χ0v) is 16.4. The van der Waals surface area contributed by atoms with Gasteiger partial charge in [0, 0.05) is 5.56 Å². The van der Waals surface area contributed by atoms with Gasteiger partial charge >= 0.3 is 0 Å². The zero-order valence-electron chi connectivity index (χ0n) is 15.6. The predicted molar refractivity (Wildman–Crippen MR) is 105 cm³/mol. The molecule has 0 aromatic heterocycles. The van der Waals surface area contributed by atoms with Gasteiger partial charge in [0.2, 0.25) is 5.91 Å². The minimum absolute atomic E-state index is 0.117. The van der Waals surface area contributed by atoms with Crippen molar-refractivity contribution in [2.24, 2.45) is 4.99 Å². The summed E-state index contributed by atoms with van der Waals surface area (Å²) < 4.78 is 26.7. The van der Waals surface area contributed by atoms with Gasteiger partial charge in [-0.2, -0.15) is 0 Å². The number of sulfonamides is 1. The van der Waals surface area contributed by atoms with E-state index < -0.39 is 16.1 Å². The third-order valence-corrected chi connectivity index (χ3v) is 5.97. The van der Waals surface area contributed by atoms with Crippen LogP contribution in [0.15, 0.2) is 58.4 Å². The molecule has 2 N–H and O–H groups in total. The van der Waals surface area contributed by atoms with Crippen LogP contribution >= 0.6 is 0 Å². The molecule has 0 spiro atoms. The molecule has 7 heteroatoms. The number of amidine groups is 1. The van der Waals surface area contributed by atoms with Gasteiger partial charge in [0.1, 0.15) is 11.9 Å². The molecule has 0 aliphatic carbocycles. The fourth-order valence-electron chi connectivity index (χ4n) is 2.99. The largest absolute Gasteiger partial charge is 0.347 e. The Bertz CT molecular complexity index is 982. The summed E-state index contributed by atoms with van der Waals surface area (Å²) in [5.74, 6) is -0.0462. The lowest BCUT2D eigenvalue weighted by molar-refractivity contribution is -0.122. The van der Waals surface area contributed by atoms with Crippen LogP contribution in [-0.2, 0) is 14.8 Å². The molecule has 2 unspecified atom stereocenters. The van der Waals surface area contributed by atoms with Gasteiger partial charge in [-0.3, -0.25) is 14.5 Å². The maximum atomic E-state index is 12.6. The highest BCUT2D eigenvalue weighted by atomic mass is 32.2. The number of nitrogens with one attached hydrogen (secondary N) is 2. The highest BCUT2D eigenvalue weighted by Gasteiger charge is 2.31. The number of aliphatic imine (C=N–C) groups is 1. The molecule has 3 rings (SSSR count). The van der Waals surface area contributed by atoms with Crippen LogP contribution in [0, 0.1) is 6.92 Å². The van der Waals surface area contributed by atoms with E-state index in [0.717, 1.165) is 17.5 Å². The third-order valence-electron chi connectivity index (χ3n) is 4.57. The number of hydrogen-bond donors (Lipinski definition) is 2. The topological polar surface area (TPSA) is 87.6 Å². The average Bonchev–Trinajstić information content (AvgIpc) is 2.91. The van der Waals surface area contributed by atoms with Crippen molar-refractivity contribution in [1.29, 1.82) is 0 Å². The summed E-state index contributed by atoms with van der Waals surface area (Å²) in [4.78, 5) is 17.1. The van der Waals surface area contributed by atoms with E-state index >= 15 is 0 Å². The van der Waals surface area contributed by atoms with Gasteiger partial charge in [0.15, 0.2) is 0 Å². The van der Waals surface area contributed by atoms with E-state index in [1.807, 2.05) is 38.1 Å². The number of carbonyl (C=O) groups is 1. The van der Waals surface area contributed by atoms with E-state index in [1.165, 1.54) is 6.07 Å². The Kier molecular flexibility index (Phi) is 5.32. The van der Waals surface area contributed by atoms with E-state index in [4.69, 9.17) is 0 Å². The number of nitrogens with zero attached hydrogens (tertiary/aromatic N) is 1. The molecule has 0 saturated carbocycles. The van der Waals surface area contributed by atoms with Crippen LogP contribution in [0.25, 0.3) is 0 Å². The molecule has 2 aromatic rings. The van der Waals surface area contributed by atoms with Gasteiger partial charge in [-0.25, -0.2) is 8.42 Å². The third kappa shape index (κ3) is 4.03. The molecule has 27 heavy (non-hydrogen) atoms. The quantitative estimate of drug-likeness (QED) is 0.829. The molecule has 1 heterocycles. The number of aryl methyl sites for hydroxylation is 1. The number of carbonyl (C=O) groups excluding carboxylic acids is 1. The first-order valence-electron chi connectivity index (χ1n) is 8.88. The number of hydrogen-bond acceptors (Lipinski definition) is 4. The van der Waals surface area contributed by atoms with Crippen molar-refractivity contribution in [3.05, 3.63) is 65.2 Å². The van der Waals surface area contributed by atoms with E-state index in [2.05, 4.69) is 15.0 Å². The number of rotatable bonds is 5. The van der Waals surface area contributed by atoms with Crippen molar-refractivity contribution >= 4 is 21.8 Å². The Morgan fingerprint density at radius 1 is 1.15 bits per heavy atom. The lowest BCUT2D eigenvalue weighted by Crippen LogP contribution is -2.36. The van der Waals surface area contributed by atoms with Gasteiger partial charge in [-0.15, -0.1) is 0 Å². The molecule has 1 amide bonds. The number of fused-ring (bicyclic) bond motifs is 1. The predicted octanol–water partition coefficient (Wildman–Crippen LogP) is 2.69. The molecule has 6 nitrogen and oxygen atoms in total. The molecule has 2 atom stereocenters. The van der Waals surface area contributed by atoms with E-state index in [1.54, 1.807) is 25.1 Å². The molecule has 0 saturated heterocycles. The van der Waals surface area contributed by atoms with Crippen LogP contribution in [0.3, 0.4) is 0 Å². The summed E-state index contributed by atoms with van der Waals surface area (Å²) >= 11 is 0. The molecule has 1 aliphatic rings. The molecule has 0 fully saturated rings. The van der Waals surface area contributed by atoms with Crippen molar-refractivity contribution in [2.45, 2.75) is 44.2 Å². The summed E-state index contributed by atoms with van der Waals surface area (Å²) in [7, 11) is -3.61. The minimum atomic E-state index is -3.61. The molecular formula is C20H23N3O3S. The second-order valence-electron chi connectivity index (χ2n) is 6.64. The first kappa shape index (κ1) is 19.1. The monoisotopic (exact) mass is 385 g/mol. The van der Waals surface area contributed by atoms with Crippen LogP contribution in [0.1, 0.15) is 43.0 Å². The summed E-state index contributed by atoms with van der Waals surface area (Å²) in [6, 6.07) is 13.8. The number of amides is 1. The highest BCUT2D eigenvalue weighted by Crippen LogP contribution is 2.23. The molecule has 0 bridgehead atoms. The van der Waals surface area contributed by atoms with Gasteiger partial charge in [0.25, 0.3) is 10.0 Å². The molecular weight excluding hydrogens is 362 g/mol. The van der Waals surface area contributed by atoms with Crippen LogP contribution in [0.5, 0.6) is 0 Å². The molecule has 0 radical (unpaired) electrons. The summed E-state index contributed by atoms with van der Waals surface area (Å²) in [6.07, 6.45) is 0.744. The average molecular weight is 385 g/mol. The maximum absolute atomic E-state index is 12.6. The first-order chi connectivity index (χ1) is 12.8. The Morgan fingerprint density at radius 2 is 1.81 bits per heavy atom. The number of benzene rings is 2. The van der Waals surface area contributed by atoms with E-state index in [-0.39, 0.29) is 22.7 Å². The molecule has 142 valence electrons. The van der Waals surface area contributed by atoms with Gasteiger partial charge in [0.05, 0.1) is 10.9 Å². The second kappa shape index (κ2) is 7.52. The molecule has 2 aromatic carbocycles. The summed E-state index contributed by atoms with van der Waals surface area (Å²) in [5, 5.41) is 3.00. The van der Waals surface area contributed by atoms with Crippen LogP contribution < -0.4 is 10.0 Å². The Hall–Kier alpha value is -2.67. The van der Waals surface area contributed by atoms with Crippen LogP contribution in [-0.4, -0.2) is 26.2 Å². The van der Waals surface area contributed by atoms with Crippen molar-refractivity contribution in [3.63, 3.8) is 0 Å². The van der Waals surface area contributed by atoms with Crippen molar-refractivity contribution < 1.29 is 13.2 Å². The van der Waals surface area contributed by atoms with Crippen molar-refractivity contribution in [2.75, 3.05) is 0 Å². The van der Waals surface area contributed by atoms with Crippen molar-refractivity contribution in [1.82, 2.24) is 10.0 Å². The first-order valence-corrected chi connectivity index (χ1v) is 10.4. The minimum Gasteiger partial charge on any atom is -0.347 e. The normalized spacial score (nSPS) is 18.4. The zero-order chi connectivity index (χ0) is 19.6. The van der Waals surface area contributed by atoms with Crippen LogP contribution in [0.2, 0.25) is 0 Å². The SMILES string of the molecule is CCC(NC(=O)C(C)N=C1NS(=O)(=O)c2ccccc21)c1ccc(C)cc1. The van der Waals surface area contributed by atoms with Gasteiger partial charge in [-0.1, -0.05) is 48.9 Å². The van der Waals surface area contributed by atoms with E-state index in [9.17, 15) is 13.2 Å². The Balaban J connectivity index is 1.78. The second-order valence-corrected chi connectivity index (χ2v) is 8.29. The maximum Gasteiger partial charge on any atom is 0.263 e. The Labute approximate surface area is 159 Å². The molecule has 1 aliphatic heterocycles. The van der Waals surface area contributed by atoms with Gasteiger partial charge in [-0.05, 0) is 38.0 Å². The summed E-state index contributed by atoms with van der Waals surface area (Å²) in [5.41, 5.74) is 2.68. The highest BCUT2D eigenvalue weighted by molar-refractivity contribution is 7.90. The Morgan fingerprint density at radius 3 is 2.48 bits per heavy atom. The van der Waals surface area contributed by atoms with Crippen molar-refractivity contribution in [3.8, 4) is 0 Å². The summed E-state index contributed by atoms with van der Waals surface area (Å²) in [6.45, 7) is 5.67. The smallest absolute Gasteiger partial charge is 0.263 e.